The fourth-order valence-corrected chi connectivity index (χ4v) is 3.48. The van der Waals surface area contributed by atoms with Crippen LogP contribution in [0.2, 0.25) is 0 Å². The van der Waals surface area contributed by atoms with E-state index in [9.17, 15) is 14.0 Å². The lowest BCUT2D eigenvalue weighted by Gasteiger charge is -2.33. The number of hydrogen-bond acceptors (Lipinski definition) is 4. The van der Waals surface area contributed by atoms with Gasteiger partial charge < -0.3 is 10.6 Å². The van der Waals surface area contributed by atoms with Crippen LogP contribution in [-0.4, -0.2) is 33.9 Å². The third-order valence-electron chi connectivity index (χ3n) is 4.75. The maximum Gasteiger partial charge on any atom is 0.252 e. The van der Waals surface area contributed by atoms with Crippen molar-refractivity contribution in [2.75, 3.05) is 18.8 Å². The molecule has 0 radical (unpaired) electrons. The molecule has 0 unspecified atom stereocenters. The number of carbonyl (C=O) groups excluding carboxylic acids is 1. The van der Waals surface area contributed by atoms with Gasteiger partial charge in [0.15, 0.2) is 0 Å². The number of nitrogen functional groups attached to an aromatic ring is 1. The molecule has 6 nitrogen and oxygen atoms in total. The number of nitrogens with zero attached hydrogens (tertiary/aromatic N) is 2. The van der Waals surface area contributed by atoms with E-state index in [0.717, 1.165) is 31.2 Å². The van der Waals surface area contributed by atoms with Crippen LogP contribution in [0.15, 0.2) is 35.1 Å². The molecule has 1 amide bonds. The van der Waals surface area contributed by atoms with Gasteiger partial charge in [-0.2, -0.15) is 0 Å². The number of anilines is 1. The number of amides is 1. The quantitative estimate of drug-likeness (QED) is 0.854. The second-order valence-electron chi connectivity index (χ2n) is 6.82. The van der Waals surface area contributed by atoms with Gasteiger partial charge in [-0.1, -0.05) is 12.1 Å². The Morgan fingerprint density at radius 1 is 1.38 bits per heavy atom. The van der Waals surface area contributed by atoms with Crippen LogP contribution < -0.4 is 11.3 Å². The number of halogens is 1. The highest BCUT2D eigenvalue weighted by molar-refractivity contribution is 5.78. The smallest absolute Gasteiger partial charge is 0.252 e. The third-order valence-corrected chi connectivity index (χ3v) is 4.75. The molecular weight excluding hydrogens is 335 g/mol. The molecule has 138 valence electrons. The Labute approximate surface area is 151 Å². The molecule has 3 N–H and O–H groups in total. The van der Waals surface area contributed by atoms with Gasteiger partial charge in [-0.3, -0.25) is 14.6 Å². The molecule has 1 atom stereocenters. The number of rotatable bonds is 5. The molecule has 1 saturated heterocycles. The topological polar surface area (TPSA) is 92.1 Å². The Morgan fingerprint density at radius 3 is 3.00 bits per heavy atom. The highest BCUT2D eigenvalue weighted by Gasteiger charge is 2.24. The lowest BCUT2D eigenvalue weighted by Crippen LogP contribution is -2.41. The maximum atomic E-state index is 13.3. The van der Waals surface area contributed by atoms with Crippen molar-refractivity contribution in [2.24, 2.45) is 5.92 Å². The number of aromatic amines is 1. The van der Waals surface area contributed by atoms with E-state index in [1.54, 1.807) is 12.1 Å². The number of aromatic nitrogens is 2. The average molecular weight is 358 g/mol. The molecule has 0 aliphatic carbocycles. The zero-order valence-corrected chi connectivity index (χ0v) is 14.6. The molecule has 0 saturated carbocycles. The van der Waals surface area contributed by atoms with E-state index in [0.29, 0.717) is 24.7 Å². The molecule has 1 aliphatic rings. The normalized spacial score (nSPS) is 17.3. The minimum atomic E-state index is -0.355. The number of benzene rings is 1. The zero-order valence-electron chi connectivity index (χ0n) is 14.6. The molecule has 0 spiro atoms. The monoisotopic (exact) mass is 358 g/mol. The largest absolute Gasteiger partial charge is 0.369 e. The molecule has 0 bridgehead atoms. The highest BCUT2D eigenvalue weighted by atomic mass is 19.1. The van der Waals surface area contributed by atoms with Crippen molar-refractivity contribution in [2.45, 2.75) is 32.1 Å². The molecule has 2 heterocycles. The van der Waals surface area contributed by atoms with Crippen LogP contribution in [-0.2, 0) is 17.6 Å². The summed E-state index contributed by atoms with van der Waals surface area (Å²) in [5.41, 5.74) is 6.54. The minimum Gasteiger partial charge on any atom is -0.369 e. The molecule has 1 aromatic heterocycles. The average Bonchev–Trinajstić information content (AvgIpc) is 2.59. The first-order valence-corrected chi connectivity index (χ1v) is 8.87. The molecule has 1 aromatic carbocycles. The van der Waals surface area contributed by atoms with Crippen LogP contribution in [0.5, 0.6) is 0 Å². The van der Waals surface area contributed by atoms with Gasteiger partial charge in [0.1, 0.15) is 5.82 Å². The highest BCUT2D eigenvalue weighted by Crippen LogP contribution is 2.22. The van der Waals surface area contributed by atoms with Gasteiger partial charge in [-0.05, 0) is 49.3 Å². The number of piperidine rings is 1. The van der Waals surface area contributed by atoms with E-state index in [1.807, 2.05) is 11.0 Å². The van der Waals surface area contributed by atoms with Crippen LogP contribution in [0.25, 0.3) is 0 Å². The van der Waals surface area contributed by atoms with Gasteiger partial charge >= 0.3 is 0 Å². The third kappa shape index (κ3) is 4.91. The molecule has 1 fully saturated rings. The van der Waals surface area contributed by atoms with Crippen molar-refractivity contribution in [3.05, 3.63) is 57.8 Å². The fourth-order valence-electron chi connectivity index (χ4n) is 3.48. The second kappa shape index (κ2) is 8.12. The Balaban J connectivity index is 1.55. The summed E-state index contributed by atoms with van der Waals surface area (Å²) >= 11 is 0. The molecule has 2 aromatic rings. The molecule has 1 aliphatic heterocycles. The van der Waals surface area contributed by atoms with Gasteiger partial charge in [-0.15, -0.1) is 0 Å². The van der Waals surface area contributed by atoms with Gasteiger partial charge in [0.25, 0.3) is 5.56 Å². The van der Waals surface area contributed by atoms with Crippen LogP contribution >= 0.6 is 0 Å². The van der Waals surface area contributed by atoms with Crippen LogP contribution in [0, 0.1) is 11.7 Å². The van der Waals surface area contributed by atoms with E-state index in [-0.39, 0.29) is 29.7 Å². The predicted molar refractivity (Wildman–Crippen MR) is 97.0 cm³/mol. The molecule has 7 heteroatoms. The summed E-state index contributed by atoms with van der Waals surface area (Å²) in [4.78, 5) is 32.2. The van der Waals surface area contributed by atoms with Gasteiger partial charge in [0.05, 0.1) is 12.1 Å². The van der Waals surface area contributed by atoms with E-state index in [4.69, 9.17) is 5.73 Å². The summed E-state index contributed by atoms with van der Waals surface area (Å²) in [5, 5.41) is 0. The van der Waals surface area contributed by atoms with E-state index in [2.05, 4.69) is 9.97 Å². The van der Waals surface area contributed by atoms with E-state index >= 15 is 0 Å². The second-order valence-corrected chi connectivity index (χ2v) is 6.82. The van der Waals surface area contributed by atoms with Gasteiger partial charge in [0, 0.05) is 19.2 Å². The summed E-state index contributed by atoms with van der Waals surface area (Å²) in [6, 6.07) is 7.97. The number of aryl methyl sites for hydroxylation is 1. The van der Waals surface area contributed by atoms with Crippen molar-refractivity contribution >= 4 is 11.9 Å². The predicted octanol–water partition coefficient (Wildman–Crippen LogP) is 1.91. The lowest BCUT2D eigenvalue weighted by molar-refractivity contribution is -0.132. The number of nitrogens with two attached hydrogens (primary N) is 1. The maximum absolute atomic E-state index is 13.3. The molecular formula is C19H23FN4O2. The number of hydrogen-bond donors (Lipinski definition) is 2. The first-order chi connectivity index (χ1) is 12.5. The fraction of sp³-hybridized carbons (Fsp3) is 0.421. The summed E-state index contributed by atoms with van der Waals surface area (Å²) in [5.74, 6) is 0.158. The van der Waals surface area contributed by atoms with Crippen molar-refractivity contribution in [3.63, 3.8) is 0 Å². The van der Waals surface area contributed by atoms with Gasteiger partial charge in [-0.25, -0.2) is 9.37 Å². The van der Waals surface area contributed by atoms with Crippen molar-refractivity contribution in [1.29, 1.82) is 0 Å². The summed E-state index contributed by atoms with van der Waals surface area (Å²) in [7, 11) is 0. The standard InChI is InChI=1S/C19H23FN4O2/c20-15-5-1-3-13(9-15)6-7-14-4-2-8-24(12-14)18(26)11-16-10-17(25)23-19(21)22-16/h1,3,5,9-10,14H,2,4,6-8,11-12H2,(H3,21,22,23,25)/t14-/m0/s1. The zero-order chi connectivity index (χ0) is 18.5. The summed E-state index contributed by atoms with van der Waals surface area (Å²) in [6.07, 6.45) is 3.81. The Morgan fingerprint density at radius 2 is 2.23 bits per heavy atom. The van der Waals surface area contributed by atoms with Crippen molar-refractivity contribution in [1.82, 2.24) is 14.9 Å². The van der Waals surface area contributed by atoms with Crippen LogP contribution in [0.3, 0.4) is 0 Å². The summed E-state index contributed by atoms with van der Waals surface area (Å²) in [6.45, 7) is 1.40. The van der Waals surface area contributed by atoms with E-state index < -0.39 is 0 Å². The first-order valence-electron chi connectivity index (χ1n) is 8.87. The first kappa shape index (κ1) is 18.1. The molecule has 3 rings (SSSR count). The number of carbonyl (C=O) groups is 1. The Hall–Kier alpha value is -2.70. The number of H-pyrrole nitrogens is 1. The van der Waals surface area contributed by atoms with Crippen LogP contribution in [0.1, 0.15) is 30.5 Å². The minimum absolute atomic E-state index is 0.0203. The van der Waals surface area contributed by atoms with Gasteiger partial charge in [0.2, 0.25) is 11.9 Å². The van der Waals surface area contributed by atoms with Crippen molar-refractivity contribution < 1.29 is 9.18 Å². The van der Waals surface area contributed by atoms with Crippen LogP contribution in [0.4, 0.5) is 10.3 Å². The number of nitrogens with one attached hydrogen (secondary N) is 1. The SMILES string of the molecule is Nc1nc(CC(=O)N2CCC[C@@H](CCc3cccc(F)c3)C2)cc(=O)[nH]1. The Bertz CT molecular complexity index is 836. The lowest BCUT2D eigenvalue weighted by atomic mass is 9.91. The number of likely N-dealkylation sites (tertiary alicyclic amines) is 1. The summed E-state index contributed by atoms with van der Waals surface area (Å²) < 4.78 is 13.3. The molecule has 26 heavy (non-hydrogen) atoms. The van der Waals surface area contributed by atoms with Crippen molar-refractivity contribution in [3.8, 4) is 0 Å². The Kier molecular flexibility index (Phi) is 5.65. The van der Waals surface area contributed by atoms with E-state index in [1.165, 1.54) is 12.1 Å².